The van der Waals surface area contributed by atoms with E-state index in [-0.39, 0.29) is 12.1 Å². The van der Waals surface area contributed by atoms with Crippen LogP contribution in [0.1, 0.15) is 24.8 Å². The van der Waals surface area contributed by atoms with Crippen LogP contribution in [0.3, 0.4) is 0 Å². The lowest BCUT2D eigenvalue weighted by Crippen LogP contribution is -2.35. The molecule has 1 aliphatic rings. The molecule has 1 aromatic carbocycles. The fourth-order valence-corrected chi connectivity index (χ4v) is 2.42. The first-order valence-electron chi connectivity index (χ1n) is 6.89. The standard InChI is InChI=1S/C15H23NO3/c1-11-5-6-14(15(10-11)18-2)19-9-7-13(17)12-4-3-8-16-12/h5-6,10,12-13,16-17H,3-4,7-9H2,1-2H3. The number of aryl methyl sites for hydroxylation is 1. The third-order valence-electron chi connectivity index (χ3n) is 3.55. The van der Waals surface area contributed by atoms with E-state index in [2.05, 4.69) is 5.32 Å². The van der Waals surface area contributed by atoms with Crippen LogP contribution in [0, 0.1) is 6.92 Å². The highest BCUT2D eigenvalue weighted by atomic mass is 16.5. The van der Waals surface area contributed by atoms with Gasteiger partial charge in [-0.25, -0.2) is 0 Å². The topological polar surface area (TPSA) is 50.7 Å². The van der Waals surface area contributed by atoms with Crippen molar-refractivity contribution < 1.29 is 14.6 Å². The first-order valence-corrected chi connectivity index (χ1v) is 6.89. The summed E-state index contributed by atoms with van der Waals surface area (Å²) in [5.41, 5.74) is 1.14. The van der Waals surface area contributed by atoms with E-state index in [1.165, 1.54) is 0 Å². The van der Waals surface area contributed by atoms with Crippen LogP contribution in [0.5, 0.6) is 11.5 Å². The summed E-state index contributed by atoms with van der Waals surface area (Å²) in [4.78, 5) is 0. The highest BCUT2D eigenvalue weighted by molar-refractivity contribution is 5.42. The molecule has 1 heterocycles. The Balaban J connectivity index is 1.81. The lowest BCUT2D eigenvalue weighted by atomic mass is 10.1. The Hall–Kier alpha value is -1.26. The number of aliphatic hydroxyl groups excluding tert-OH is 1. The molecule has 0 radical (unpaired) electrons. The van der Waals surface area contributed by atoms with Crippen LogP contribution in [0.4, 0.5) is 0 Å². The average Bonchev–Trinajstić information content (AvgIpc) is 2.94. The number of benzene rings is 1. The third kappa shape index (κ3) is 3.85. The molecule has 1 aromatic rings. The van der Waals surface area contributed by atoms with E-state index >= 15 is 0 Å². The number of methoxy groups -OCH3 is 1. The maximum atomic E-state index is 10.0. The van der Waals surface area contributed by atoms with Gasteiger partial charge in [0, 0.05) is 12.5 Å². The van der Waals surface area contributed by atoms with Crippen LogP contribution in [0.25, 0.3) is 0 Å². The lowest BCUT2D eigenvalue weighted by Gasteiger charge is -2.18. The molecule has 2 rings (SSSR count). The molecule has 2 N–H and O–H groups in total. The maximum absolute atomic E-state index is 10.0. The minimum absolute atomic E-state index is 0.225. The number of hydrogen-bond donors (Lipinski definition) is 2. The Morgan fingerprint density at radius 2 is 2.26 bits per heavy atom. The highest BCUT2D eigenvalue weighted by Crippen LogP contribution is 2.28. The van der Waals surface area contributed by atoms with Crippen molar-refractivity contribution in [3.8, 4) is 11.5 Å². The zero-order valence-corrected chi connectivity index (χ0v) is 11.7. The monoisotopic (exact) mass is 265 g/mol. The van der Waals surface area contributed by atoms with E-state index in [1.54, 1.807) is 7.11 Å². The normalized spacial score (nSPS) is 20.3. The molecule has 106 valence electrons. The molecule has 19 heavy (non-hydrogen) atoms. The molecule has 0 aliphatic carbocycles. The van der Waals surface area contributed by atoms with Gasteiger partial charge in [0.2, 0.25) is 0 Å². The Morgan fingerprint density at radius 1 is 1.42 bits per heavy atom. The van der Waals surface area contributed by atoms with Crippen molar-refractivity contribution in [3.63, 3.8) is 0 Å². The van der Waals surface area contributed by atoms with Crippen LogP contribution in [0.15, 0.2) is 18.2 Å². The van der Waals surface area contributed by atoms with Crippen LogP contribution in [0.2, 0.25) is 0 Å². The number of hydrogen-bond acceptors (Lipinski definition) is 4. The number of ether oxygens (including phenoxy) is 2. The molecule has 2 unspecified atom stereocenters. The van der Waals surface area contributed by atoms with Crippen molar-refractivity contribution in [2.24, 2.45) is 0 Å². The average molecular weight is 265 g/mol. The van der Waals surface area contributed by atoms with E-state index in [9.17, 15) is 5.11 Å². The molecule has 0 saturated carbocycles. The minimum Gasteiger partial charge on any atom is -0.493 e. The first kappa shape index (κ1) is 14.2. The van der Waals surface area contributed by atoms with E-state index < -0.39 is 0 Å². The van der Waals surface area contributed by atoms with Crippen LogP contribution in [-0.2, 0) is 0 Å². The number of aliphatic hydroxyl groups is 1. The van der Waals surface area contributed by atoms with Gasteiger partial charge in [0.15, 0.2) is 11.5 Å². The van der Waals surface area contributed by atoms with Gasteiger partial charge in [0.05, 0.1) is 19.8 Å². The van der Waals surface area contributed by atoms with Gasteiger partial charge >= 0.3 is 0 Å². The molecule has 0 amide bonds. The van der Waals surface area contributed by atoms with E-state index in [4.69, 9.17) is 9.47 Å². The SMILES string of the molecule is COc1cc(C)ccc1OCCC(O)C1CCCN1. The molecule has 4 heteroatoms. The predicted molar refractivity (Wildman–Crippen MR) is 74.9 cm³/mol. The maximum Gasteiger partial charge on any atom is 0.161 e. The zero-order chi connectivity index (χ0) is 13.7. The number of rotatable bonds is 6. The minimum atomic E-state index is -0.334. The van der Waals surface area contributed by atoms with Crippen molar-refractivity contribution in [3.05, 3.63) is 23.8 Å². The summed E-state index contributed by atoms with van der Waals surface area (Å²) in [5.74, 6) is 1.48. The molecule has 0 spiro atoms. The predicted octanol–water partition coefficient (Wildman–Crippen LogP) is 1.89. The van der Waals surface area contributed by atoms with Crippen molar-refractivity contribution in [1.29, 1.82) is 0 Å². The second-order valence-corrected chi connectivity index (χ2v) is 5.06. The Morgan fingerprint density at radius 3 is 2.95 bits per heavy atom. The molecule has 1 fully saturated rings. The van der Waals surface area contributed by atoms with E-state index in [0.717, 1.165) is 36.4 Å². The van der Waals surface area contributed by atoms with Crippen LogP contribution in [-0.4, -0.2) is 37.5 Å². The van der Waals surface area contributed by atoms with Gasteiger partial charge in [-0.3, -0.25) is 0 Å². The summed E-state index contributed by atoms with van der Waals surface area (Å²) in [7, 11) is 1.64. The van der Waals surface area contributed by atoms with E-state index in [1.807, 2.05) is 25.1 Å². The smallest absolute Gasteiger partial charge is 0.161 e. The summed E-state index contributed by atoms with van der Waals surface area (Å²) in [6.45, 7) is 3.52. The molecular weight excluding hydrogens is 242 g/mol. The van der Waals surface area contributed by atoms with Crippen molar-refractivity contribution >= 4 is 0 Å². The first-order chi connectivity index (χ1) is 9.20. The van der Waals surface area contributed by atoms with Gasteiger partial charge in [-0.2, -0.15) is 0 Å². The van der Waals surface area contributed by atoms with Gasteiger partial charge < -0.3 is 19.9 Å². The second kappa shape index (κ2) is 6.78. The van der Waals surface area contributed by atoms with Crippen LogP contribution < -0.4 is 14.8 Å². The largest absolute Gasteiger partial charge is 0.493 e. The van der Waals surface area contributed by atoms with Gasteiger partial charge in [-0.05, 0) is 44.0 Å². The van der Waals surface area contributed by atoms with Crippen molar-refractivity contribution in [2.45, 2.75) is 38.3 Å². The highest BCUT2D eigenvalue weighted by Gasteiger charge is 2.22. The second-order valence-electron chi connectivity index (χ2n) is 5.06. The van der Waals surface area contributed by atoms with Gasteiger partial charge in [-0.15, -0.1) is 0 Å². The van der Waals surface area contributed by atoms with Crippen LogP contribution >= 0.6 is 0 Å². The van der Waals surface area contributed by atoms with Crippen molar-refractivity contribution in [2.75, 3.05) is 20.3 Å². The summed E-state index contributed by atoms with van der Waals surface area (Å²) in [5, 5.41) is 13.3. The van der Waals surface area contributed by atoms with Gasteiger partial charge in [0.1, 0.15) is 0 Å². The Bertz CT molecular complexity index is 402. The fourth-order valence-electron chi connectivity index (χ4n) is 2.42. The van der Waals surface area contributed by atoms with Gasteiger partial charge in [0.25, 0.3) is 0 Å². The molecule has 4 nitrogen and oxygen atoms in total. The third-order valence-corrected chi connectivity index (χ3v) is 3.55. The molecule has 0 aromatic heterocycles. The van der Waals surface area contributed by atoms with Crippen molar-refractivity contribution in [1.82, 2.24) is 5.32 Å². The summed E-state index contributed by atoms with van der Waals surface area (Å²) in [6, 6.07) is 6.08. The zero-order valence-electron chi connectivity index (χ0n) is 11.7. The quantitative estimate of drug-likeness (QED) is 0.824. The summed E-state index contributed by atoms with van der Waals surface area (Å²) in [6.07, 6.45) is 2.50. The lowest BCUT2D eigenvalue weighted by molar-refractivity contribution is 0.106. The summed E-state index contributed by atoms with van der Waals surface area (Å²) < 4.78 is 11.0. The van der Waals surface area contributed by atoms with Gasteiger partial charge in [-0.1, -0.05) is 6.07 Å². The molecule has 1 aliphatic heterocycles. The molecule has 0 bridgehead atoms. The Kier molecular flexibility index (Phi) is 5.05. The molecule has 1 saturated heterocycles. The number of nitrogens with one attached hydrogen (secondary N) is 1. The summed E-state index contributed by atoms with van der Waals surface area (Å²) >= 11 is 0. The Labute approximate surface area is 114 Å². The van der Waals surface area contributed by atoms with E-state index in [0.29, 0.717) is 13.0 Å². The fraction of sp³-hybridized carbons (Fsp3) is 0.600. The molecule has 2 atom stereocenters. The molecular formula is C15H23NO3.